The SMILES string of the molecule is Cc1csc(Cl)c1NC1=NCCN1C(=O)c1ccc(CO[N+](=O)[O-])cc1. The number of halogens is 1. The molecule has 0 fully saturated rings. The second-order valence-electron chi connectivity index (χ2n) is 5.55. The summed E-state index contributed by atoms with van der Waals surface area (Å²) in [7, 11) is 0. The number of nitrogens with zero attached hydrogens (tertiary/aromatic N) is 3. The summed E-state index contributed by atoms with van der Waals surface area (Å²) in [6.45, 7) is 2.74. The molecule has 0 saturated carbocycles. The molecule has 1 aliphatic rings. The van der Waals surface area contributed by atoms with E-state index in [0.29, 0.717) is 34.5 Å². The van der Waals surface area contributed by atoms with E-state index in [1.165, 1.54) is 11.3 Å². The maximum atomic E-state index is 12.8. The molecule has 0 unspecified atom stereocenters. The van der Waals surface area contributed by atoms with Gasteiger partial charge >= 0.3 is 0 Å². The highest BCUT2D eigenvalue weighted by atomic mass is 35.5. The van der Waals surface area contributed by atoms with E-state index >= 15 is 0 Å². The summed E-state index contributed by atoms with van der Waals surface area (Å²) in [5.74, 6) is 0.249. The first-order chi connectivity index (χ1) is 12.5. The summed E-state index contributed by atoms with van der Waals surface area (Å²) >= 11 is 7.59. The minimum Gasteiger partial charge on any atom is -0.324 e. The molecule has 3 rings (SSSR count). The Morgan fingerprint density at radius 1 is 1.46 bits per heavy atom. The largest absolute Gasteiger partial charge is 0.324 e. The number of benzene rings is 1. The molecule has 0 saturated heterocycles. The smallest absolute Gasteiger partial charge is 0.294 e. The molecule has 10 heteroatoms. The third-order valence-electron chi connectivity index (χ3n) is 3.79. The van der Waals surface area contributed by atoms with E-state index in [1.807, 2.05) is 12.3 Å². The maximum Gasteiger partial charge on any atom is 0.294 e. The van der Waals surface area contributed by atoms with Crippen molar-refractivity contribution in [1.82, 2.24) is 4.90 Å². The van der Waals surface area contributed by atoms with Crippen molar-refractivity contribution in [3.63, 3.8) is 0 Å². The Kier molecular flexibility index (Phi) is 5.38. The molecule has 1 aromatic carbocycles. The quantitative estimate of drug-likeness (QED) is 0.619. The average Bonchev–Trinajstić information content (AvgIpc) is 3.22. The van der Waals surface area contributed by atoms with Crippen molar-refractivity contribution in [2.75, 3.05) is 18.4 Å². The van der Waals surface area contributed by atoms with Crippen molar-refractivity contribution in [1.29, 1.82) is 0 Å². The number of aliphatic imine (C=N–C) groups is 1. The average molecular weight is 395 g/mol. The molecule has 0 aliphatic carbocycles. The van der Waals surface area contributed by atoms with Crippen molar-refractivity contribution in [3.8, 4) is 0 Å². The predicted octanol–water partition coefficient (Wildman–Crippen LogP) is 3.34. The summed E-state index contributed by atoms with van der Waals surface area (Å²) in [5, 5.41) is 14.4. The Balaban J connectivity index is 1.71. The molecule has 0 atom stereocenters. The van der Waals surface area contributed by atoms with Crippen LogP contribution in [0, 0.1) is 17.0 Å². The van der Waals surface area contributed by atoms with Crippen LogP contribution in [0.2, 0.25) is 4.34 Å². The van der Waals surface area contributed by atoms with Crippen LogP contribution in [0.25, 0.3) is 0 Å². The monoisotopic (exact) mass is 394 g/mol. The number of amides is 1. The van der Waals surface area contributed by atoms with Crippen LogP contribution in [0.3, 0.4) is 0 Å². The predicted molar refractivity (Wildman–Crippen MR) is 99.3 cm³/mol. The first kappa shape index (κ1) is 18.2. The van der Waals surface area contributed by atoms with Crippen LogP contribution >= 0.6 is 22.9 Å². The molecule has 0 spiro atoms. The van der Waals surface area contributed by atoms with Crippen molar-refractivity contribution >= 4 is 40.5 Å². The lowest BCUT2D eigenvalue weighted by Crippen LogP contribution is -2.38. The van der Waals surface area contributed by atoms with Crippen LogP contribution in [0.4, 0.5) is 5.69 Å². The molecular formula is C16H15ClN4O4S. The van der Waals surface area contributed by atoms with Crippen LogP contribution in [-0.2, 0) is 11.4 Å². The van der Waals surface area contributed by atoms with Crippen LogP contribution in [0.15, 0.2) is 34.6 Å². The van der Waals surface area contributed by atoms with Crippen molar-refractivity contribution in [3.05, 3.63) is 60.8 Å². The Morgan fingerprint density at radius 2 is 2.19 bits per heavy atom. The van der Waals surface area contributed by atoms with Gasteiger partial charge in [-0.1, -0.05) is 23.7 Å². The summed E-state index contributed by atoms with van der Waals surface area (Å²) in [6.07, 6.45) is 0. The number of anilines is 1. The van der Waals surface area contributed by atoms with E-state index in [2.05, 4.69) is 15.1 Å². The van der Waals surface area contributed by atoms with Gasteiger partial charge in [-0.25, -0.2) is 0 Å². The van der Waals surface area contributed by atoms with Gasteiger partial charge in [-0.05, 0) is 35.6 Å². The zero-order valence-corrected chi connectivity index (χ0v) is 15.3. The lowest BCUT2D eigenvalue weighted by atomic mass is 10.1. The lowest BCUT2D eigenvalue weighted by Gasteiger charge is -2.19. The lowest BCUT2D eigenvalue weighted by molar-refractivity contribution is -0.763. The van der Waals surface area contributed by atoms with Gasteiger partial charge in [0.1, 0.15) is 10.9 Å². The maximum absolute atomic E-state index is 12.8. The van der Waals surface area contributed by atoms with E-state index < -0.39 is 5.09 Å². The third kappa shape index (κ3) is 3.94. The number of carbonyl (C=O) groups is 1. The van der Waals surface area contributed by atoms with Gasteiger partial charge in [0.25, 0.3) is 11.0 Å². The molecule has 0 radical (unpaired) electrons. The Hall–Kier alpha value is -2.65. The van der Waals surface area contributed by atoms with Crippen LogP contribution in [0.1, 0.15) is 21.5 Å². The molecule has 8 nitrogen and oxygen atoms in total. The molecule has 2 heterocycles. The third-order valence-corrected chi connectivity index (χ3v) is 5.13. The molecule has 1 aliphatic heterocycles. The number of rotatable bonds is 5. The molecule has 1 amide bonds. The Morgan fingerprint density at radius 3 is 2.81 bits per heavy atom. The normalized spacial score (nSPS) is 13.5. The second-order valence-corrected chi connectivity index (χ2v) is 7.03. The number of nitrogens with one attached hydrogen (secondary N) is 1. The van der Waals surface area contributed by atoms with Gasteiger partial charge in [0.05, 0.1) is 12.2 Å². The number of carbonyl (C=O) groups excluding carboxylic acids is 1. The highest BCUT2D eigenvalue weighted by Gasteiger charge is 2.26. The summed E-state index contributed by atoms with van der Waals surface area (Å²) in [4.78, 5) is 33.2. The minimum atomic E-state index is -0.852. The minimum absolute atomic E-state index is 0.157. The number of hydrogen-bond acceptors (Lipinski definition) is 7. The Bertz CT molecular complexity index is 846. The van der Waals surface area contributed by atoms with Crippen molar-refractivity contribution in [2.24, 2.45) is 4.99 Å². The molecule has 26 heavy (non-hydrogen) atoms. The zero-order chi connectivity index (χ0) is 18.7. The number of guanidine groups is 1. The standard InChI is InChI=1S/C16H15ClN4O4S/c1-10-9-26-14(17)13(10)19-16-18-6-7-20(16)15(22)12-4-2-11(3-5-12)8-25-21(23)24/h2-5,9H,6-8H2,1H3,(H,18,19). The topological polar surface area (TPSA) is 97.1 Å². The molecular weight excluding hydrogens is 380 g/mol. The van der Waals surface area contributed by atoms with E-state index in [4.69, 9.17) is 11.6 Å². The Labute approximate surface area is 158 Å². The van der Waals surface area contributed by atoms with Gasteiger partial charge in [0.2, 0.25) is 5.96 Å². The molecule has 136 valence electrons. The van der Waals surface area contributed by atoms with Crippen LogP contribution < -0.4 is 5.32 Å². The zero-order valence-electron chi connectivity index (χ0n) is 13.8. The summed E-state index contributed by atoms with van der Waals surface area (Å²) < 4.78 is 0.611. The van der Waals surface area contributed by atoms with E-state index in [-0.39, 0.29) is 12.5 Å². The second kappa shape index (κ2) is 7.71. The fraction of sp³-hybridized carbons (Fsp3) is 0.250. The first-order valence-electron chi connectivity index (χ1n) is 7.69. The summed E-state index contributed by atoms with van der Waals surface area (Å²) in [5.41, 5.74) is 2.80. The van der Waals surface area contributed by atoms with Crippen molar-refractivity contribution in [2.45, 2.75) is 13.5 Å². The van der Waals surface area contributed by atoms with Gasteiger partial charge in [0.15, 0.2) is 0 Å². The van der Waals surface area contributed by atoms with E-state index in [1.54, 1.807) is 29.2 Å². The number of hydrogen-bond donors (Lipinski definition) is 1. The fourth-order valence-electron chi connectivity index (χ4n) is 2.45. The number of thiophene rings is 1. The van der Waals surface area contributed by atoms with Gasteiger partial charge in [-0.3, -0.25) is 14.7 Å². The number of aryl methyl sites for hydroxylation is 1. The molecule has 1 aromatic heterocycles. The van der Waals surface area contributed by atoms with Crippen LogP contribution in [-0.4, -0.2) is 34.9 Å². The molecule has 0 bridgehead atoms. The van der Waals surface area contributed by atoms with Gasteiger partial charge in [-0.2, -0.15) is 0 Å². The van der Waals surface area contributed by atoms with Crippen molar-refractivity contribution < 1.29 is 14.7 Å². The highest BCUT2D eigenvalue weighted by molar-refractivity contribution is 7.15. The van der Waals surface area contributed by atoms with E-state index in [9.17, 15) is 14.9 Å². The van der Waals surface area contributed by atoms with E-state index in [0.717, 1.165) is 11.3 Å². The highest BCUT2D eigenvalue weighted by Crippen LogP contribution is 2.32. The van der Waals surface area contributed by atoms with Gasteiger partial charge in [-0.15, -0.1) is 21.5 Å². The first-order valence-corrected chi connectivity index (χ1v) is 8.94. The molecule has 2 aromatic rings. The van der Waals surface area contributed by atoms with Gasteiger partial charge < -0.3 is 10.2 Å². The summed E-state index contributed by atoms with van der Waals surface area (Å²) in [6, 6.07) is 6.47. The van der Waals surface area contributed by atoms with Gasteiger partial charge in [0, 0.05) is 12.1 Å². The van der Waals surface area contributed by atoms with Crippen LogP contribution in [0.5, 0.6) is 0 Å². The fourth-order valence-corrected chi connectivity index (χ4v) is 3.51. The molecule has 1 N–H and O–H groups in total.